The number of halogens is 1. The maximum Gasteiger partial charge on any atom is 0.328 e. The number of esters is 1. The fourth-order valence-electron chi connectivity index (χ4n) is 4.10. The fourth-order valence-corrected chi connectivity index (χ4v) is 4.10. The molecule has 1 aliphatic rings. The molecule has 1 amide bonds. The van der Waals surface area contributed by atoms with E-state index < -0.39 is 35.6 Å². The zero-order chi connectivity index (χ0) is 24.1. The van der Waals surface area contributed by atoms with E-state index in [1.165, 1.54) is 45.5 Å². The summed E-state index contributed by atoms with van der Waals surface area (Å²) in [6.07, 6.45) is 3.80. The zero-order valence-electron chi connectivity index (χ0n) is 19.1. The smallest absolute Gasteiger partial charge is 0.328 e. The largest absolute Gasteiger partial charge is 0.503 e. The second-order valence-corrected chi connectivity index (χ2v) is 8.15. The summed E-state index contributed by atoms with van der Waals surface area (Å²) >= 11 is 0. The Kier molecular flexibility index (Phi) is 7.73. The topological polar surface area (TPSA) is 107 Å². The highest BCUT2D eigenvalue weighted by Crippen LogP contribution is 2.45. The summed E-state index contributed by atoms with van der Waals surface area (Å²) in [5.74, 6) is -1.59. The number of ether oxygens (including phenoxy) is 3. The Morgan fingerprint density at radius 2 is 1.85 bits per heavy atom. The molecule has 33 heavy (non-hydrogen) atoms. The van der Waals surface area contributed by atoms with E-state index in [0.29, 0.717) is 5.75 Å². The number of nitrogens with zero attached hydrogens (tertiary/aromatic N) is 1. The molecule has 0 spiro atoms. The Hall–Kier alpha value is -3.36. The molecule has 3 atom stereocenters. The molecule has 9 heteroatoms. The van der Waals surface area contributed by atoms with Crippen LogP contribution in [-0.2, 0) is 9.53 Å². The molecule has 0 saturated heterocycles. The van der Waals surface area contributed by atoms with Gasteiger partial charge in [-0.3, -0.25) is 4.79 Å². The van der Waals surface area contributed by atoms with E-state index in [1.54, 1.807) is 13.0 Å². The Balaban J connectivity index is 1.72. The maximum absolute atomic E-state index is 13.7. The standard InChI is InChI=1S/C24H29FN2O6/c1-13(27-23(29)21-22(28)18(31-3)10-11-26-21)24(30)33-14(2)20(15-6-5-7-15)17-9-8-16(25)12-19(17)32-4/h8-15,20,28H,5-7H2,1-4H3,(H,27,29)/t13-,14-,20+/m0/s1. The monoisotopic (exact) mass is 460 g/mol. The fraction of sp³-hybridized carbons (Fsp3) is 0.458. The lowest BCUT2D eigenvalue weighted by Crippen LogP contribution is -2.42. The third kappa shape index (κ3) is 5.35. The first-order valence-corrected chi connectivity index (χ1v) is 10.8. The minimum absolute atomic E-state index is 0.0931. The van der Waals surface area contributed by atoms with E-state index in [0.717, 1.165) is 24.8 Å². The third-order valence-corrected chi connectivity index (χ3v) is 6.04. The number of benzene rings is 1. The van der Waals surface area contributed by atoms with Crippen LogP contribution in [0.2, 0.25) is 0 Å². The molecule has 0 radical (unpaired) electrons. The number of carbonyl (C=O) groups excluding carboxylic acids is 2. The Labute approximate surface area is 192 Å². The van der Waals surface area contributed by atoms with E-state index in [1.807, 2.05) is 0 Å². The van der Waals surface area contributed by atoms with Gasteiger partial charge in [0.2, 0.25) is 0 Å². The van der Waals surface area contributed by atoms with Gasteiger partial charge in [-0.2, -0.15) is 0 Å². The van der Waals surface area contributed by atoms with Crippen molar-refractivity contribution >= 4 is 11.9 Å². The predicted octanol–water partition coefficient (Wildman–Crippen LogP) is 3.58. The first kappa shape index (κ1) is 24.3. The quantitative estimate of drug-likeness (QED) is 0.551. The van der Waals surface area contributed by atoms with Gasteiger partial charge in [0.05, 0.1) is 14.2 Å². The number of hydrogen-bond donors (Lipinski definition) is 2. The SMILES string of the molecule is COc1cc(F)ccc1[C@@H](C1CCC1)[C@H](C)OC(=O)[C@H](C)NC(=O)c1nccc(OC)c1O. The van der Waals surface area contributed by atoms with E-state index in [9.17, 15) is 19.1 Å². The molecule has 178 valence electrons. The number of pyridine rings is 1. The molecular formula is C24H29FN2O6. The first-order valence-electron chi connectivity index (χ1n) is 10.8. The summed E-state index contributed by atoms with van der Waals surface area (Å²) < 4.78 is 29.8. The average molecular weight is 461 g/mol. The third-order valence-electron chi connectivity index (χ3n) is 6.04. The van der Waals surface area contributed by atoms with Crippen molar-refractivity contribution in [2.75, 3.05) is 14.2 Å². The number of aromatic hydroxyl groups is 1. The summed E-state index contributed by atoms with van der Waals surface area (Å²) in [4.78, 5) is 29.1. The molecule has 2 aromatic rings. The summed E-state index contributed by atoms with van der Waals surface area (Å²) in [6.45, 7) is 3.27. The van der Waals surface area contributed by atoms with Crippen molar-refractivity contribution in [3.05, 3.63) is 47.5 Å². The van der Waals surface area contributed by atoms with Crippen LogP contribution in [0.4, 0.5) is 4.39 Å². The van der Waals surface area contributed by atoms with Gasteiger partial charge >= 0.3 is 5.97 Å². The minimum Gasteiger partial charge on any atom is -0.503 e. The zero-order valence-corrected chi connectivity index (χ0v) is 19.1. The summed E-state index contributed by atoms with van der Waals surface area (Å²) in [5.41, 5.74) is 0.525. The molecule has 1 aromatic carbocycles. The summed E-state index contributed by atoms with van der Waals surface area (Å²) in [5, 5.41) is 12.6. The van der Waals surface area contributed by atoms with Gasteiger partial charge in [-0.15, -0.1) is 0 Å². The molecule has 8 nitrogen and oxygen atoms in total. The Morgan fingerprint density at radius 1 is 1.15 bits per heavy atom. The van der Waals surface area contributed by atoms with Crippen LogP contribution in [0.1, 0.15) is 55.1 Å². The molecule has 1 aliphatic carbocycles. The van der Waals surface area contributed by atoms with Crippen LogP contribution in [0, 0.1) is 11.7 Å². The van der Waals surface area contributed by atoms with Crippen molar-refractivity contribution in [3.63, 3.8) is 0 Å². The number of aromatic nitrogens is 1. The van der Waals surface area contributed by atoms with Crippen molar-refractivity contribution in [1.29, 1.82) is 0 Å². The van der Waals surface area contributed by atoms with E-state index in [4.69, 9.17) is 14.2 Å². The Morgan fingerprint density at radius 3 is 2.45 bits per heavy atom. The van der Waals surface area contributed by atoms with E-state index >= 15 is 0 Å². The van der Waals surface area contributed by atoms with Gasteiger partial charge in [0.25, 0.3) is 5.91 Å². The molecule has 0 unspecified atom stereocenters. The molecule has 1 fully saturated rings. The van der Waals surface area contributed by atoms with Crippen LogP contribution in [0.15, 0.2) is 30.5 Å². The molecule has 3 rings (SSSR count). The van der Waals surface area contributed by atoms with Crippen molar-refractivity contribution < 1.29 is 33.3 Å². The molecule has 1 heterocycles. The molecule has 1 aromatic heterocycles. The molecule has 0 bridgehead atoms. The first-order chi connectivity index (χ1) is 15.8. The summed E-state index contributed by atoms with van der Waals surface area (Å²) in [7, 11) is 2.83. The van der Waals surface area contributed by atoms with Gasteiger partial charge in [-0.1, -0.05) is 12.5 Å². The van der Waals surface area contributed by atoms with Crippen molar-refractivity contribution in [1.82, 2.24) is 10.3 Å². The molecule has 1 saturated carbocycles. The van der Waals surface area contributed by atoms with Crippen LogP contribution in [-0.4, -0.2) is 48.3 Å². The number of hydrogen-bond acceptors (Lipinski definition) is 7. The van der Waals surface area contributed by atoms with Crippen LogP contribution >= 0.6 is 0 Å². The van der Waals surface area contributed by atoms with Crippen LogP contribution in [0.3, 0.4) is 0 Å². The maximum atomic E-state index is 13.7. The van der Waals surface area contributed by atoms with Crippen LogP contribution in [0.5, 0.6) is 17.2 Å². The number of nitrogens with one attached hydrogen (secondary N) is 1. The van der Waals surface area contributed by atoms with E-state index in [2.05, 4.69) is 10.3 Å². The van der Waals surface area contributed by atoms with Gasteiger partial charge < -0.3 is 24.6 Å². The van der Waals surface area contributed by atoms with Gasteiger partial charge in [0, 0.05) is 29.8 Å². The second-order valence-electron chi connectivity index (χ2n) is 8.15. The molecular weight excluding hydrogens is 431 g/mol. The Bertz CT molecular complexity index is 1010. The van der Waals surface area contributed by atoms with Crippen LogP contribution in [0.25, 0.3) is 0 Å². The van der Waals surface area contributed by atoms with Crippen LogP contribution < -0.4 is 14.8 Å². The molecule has 0 aliphatic heterocycles. The van der Waals surface area contributed by atoms with Crippen molar-refractivity contribution in [2.45, 2.75) is 51.2 Å². The number of amides is 1. The number of carbonyl (C=O) groups is 2. The molecule has 2 N–H and O–H groups in total. The summed E-state index contributed by atoms with van der Waals surface area (Å²) in [6, 6.07) is 4.78. The van der Waals surface area contributed by atoms with Crippen molar-refractivity contribution in [2.24, 2.45) is 5.92 Å². The second kappa shape index (κ2) is 10.5. The number of rotatable bonds is 9. The normalized spacial score (nSPS) is 16.2. The average Bonchev–Trinajstić information content (AvgIpc) is 2.76. The highest BCUT2D eigenvalue weighted by molar-refractivity contribution is 5.97. The van der Waals surface area contributed by atoms with Gasteiger partial charge in [0.1, 0.15) is 23.7 Å². The lowest BCUT2D eigenvalue weighted by Gasteiger charge is -2.38. The lowest BCUT2D eigenvalue weighted by atomic mass is 9.70. The minimum atomic E-state index is -0.996. The van der Waals surface area contributed by atoms with Gasteiger partial charge in [0.15, 0.2) is 17.2 Å². The highest BCUT2D eigenvalue weighted by atomic mass is 19.1. The number of methoxy groups -OCH3 is 2. The highest BCUT2D eigenvalue weighted by Gasteiger charge is 2.37. The van der Waals surface area contributed by atoms with E-state index in [-0.39, 0.29) is 23.3 Å². The lowest BCUT2D eigenvalue weighted by molar-refractivity contribution is -0.152. The van der Waals surface area contributed by atoms with Gasteiger partial charge in [-0.05, 0) is 38.7 Å². The van der Waals surface area contributed by atoms with Crippen molar-refractivity contribution in [3.8, 4) is 17.2 Å². The predicted molar refractivity (Wildman–Crippen MR) is 118 cm³/mol. The van der Waals surface area contributed by atoms with Gasteiger partial charge in [-0.25, -0.2) is 14.2 Å².